The summed E-state index contributed by atoms with van der Waals surface area (Å²) < 4.78 is 5.41. The van der Waals surface area contributed by atoms with E-state index in [0.717, 1.165) is 11.1 Å². The van der Waals surface area contributed by atoms with Crippen LogP contribution in [0.4, 0.5) is 4.79 Å². The van der Waals surface area contributed by atoms with Gasteiger partial charge in [-0.2, -0.15) is 0 Å². The van der Waals surface area contributed by atoms with Crippen LogP contribution in [0.2, 0.25) is 0 Å². The summed E-state index contributed by atoms with van der Waals surface area (Å²) in [6.07, 6.45) is 0.222. The Morgan fingerprint density at radius 3 is 2.71 bits per heavy atom. The number of rotatable bonds is 2. The highest BCUT2D eigenvalue weighted by molar-refractivity contribution is 5.69. The van der Waals surface area contributed by atoms with Crippen LogP contribution in [0.5, 0.6) is 0 Å². The van der Waals surface area contributed by atoms with Gasteiger partial charge in [-0.25, -0.2) is 4.79 Å². The van der Waals surface area contributed by atoms with E-state index < -0.39 is 11.7 Å². The second-order valence-electron chi connectivity index (χ2n) is 6.21. The van der Waals surface area contributed by atoms with Crippen molar-refractivity contribution in [2.45, 2.75) is 44.9 Å². The molecule has 0 heterocycles. The maximum atomic E-state index is 12.3. The smallest absolute Gasteiger partial charge is 0.410 e. The van der Waals surface area contributed by atoms with E-state index in [1.54, 1.807) is 7.05 Å². The van der Waals surface area contributed by atoms with Crippen molar-refractivity contribution in [3.63, 3.8) is 0 Å². The molecule has 21 heavy (non-hydrogen) atoms. The number of carbonyl (C=O) groups excluding carboxylic acids is 1. The molecule has 6 heteroatoms. The summed E-state index contributed by atoms with van der Waals surface area (Å²) in [5.41, 5.74) is 10.3. The third kappa shape index (κ3) is 3.28. The molecule has 1 amide bonds. The Bertz CT molecular complexity index is 588. The third-order valence-corrected chi connectivity index (χ3v) is 3.47. The Labute approximate surface area is 124 Å². The van der Waals surface area contributed by atoms with Crippen molar-refractivity contribution in [3.05, 3.63) is 45.8 Å². The second kappa shape index (κ2) is 5.66. The summed E-state index contributed by atoms with van der Waals surface area (Å²) in [5.74, 6) is 0. The van der Waals surface area contributed by atoms with E-state index in [-0.39, 0.29) is 12.1 Å². The number of ether oxygens (including phenoxy) is 1. The molecule has 1 aromatic rings. The lowest BCUT2D eigenvalue weighted by molar-refractivity contribution is 0.0206. The average Bonchev–Trinajstić information content (AvgIpc) is 2.74. The van der Waals surface area contributed by atoms with Crippen molar-refractivity contribution in [3.8, 4) is 0 Å². The van der Waals surface area contributed by atoms with E-state index in [9.17, 15) is 4.79 Å². The minimum absolute atomic E-state index is 0.285. The first-order valence-electron chi connectivity index (χ1n) is 6.91. The molecule has 0 spiro atoms. The van der Waals surface area contributed by atoms with Gasteiger partial charge in [0.1, 0.15) is 5.60 Å². The highest BCUT2D eigenvalue weighted by Crippen LogP contribution is 2.37. The summed E-state index contributed by atoms with van der Waals surface area (Å²) >= 11 is 0. The molecule has 112 valence electrons. The van der Waals surface area contributed by atoms with Crippen LogP contribution < -0.4 is 0 Å². The largest absolute Gasteiger partial charge is 0.444 e. The standard InChI is InChI=1S/C15H20N4O2/c1-15(2,3)21-14(20)19(4)13-11-8-6-5-7-10(11)9-12(13)17-18-16/h5-8,12-13H,9H2,1-4H3/t12?,13-/m1/s1. The highest BCUT2D eigenvalue weighted by atomic mass is 16.6. The van der Waals surface area contributed by atoms with Crippen molar-refractivity contribution >= 4 is 6.09 Å². The van der Waals surface area contributed by atoms with Crippen LogP contribution in [0, 0.1) is 0 Å². The van der Waals surface area contributed by atoms with Gasteiger partial charge in [-0.3, -0.25) is 0 Å². The fourth-order valence-corrected chi connectivity index (χ4v) is 2.64. The quantitative estimate of drug-likeness (QED) is 0.471. The van der Waals surface area contributed by atoms with Crippen molar-refractivity contribution in [2.24, 2.45) is 5.11 Å². The van der Waals surface area contributed by atoms with Crippen LogP contribution in [0.25, 0.3) is 10.4 Å². The molecule has 2 rings (SSSR count). The normalized spacial score (nSPS) is 20.4. The molecule has 1 unspecified atom stereocenters. The SMILES string of the molecule is CN(C(=O)OC(C)(C)C)[C@@H]1c2ccccc2CC1N=[N+]=[N-]. The monoisotopic (exact) mass is 288 g/mol. The van der Waals surface area contributed by atoms with Crippen LogP contribution in [0.15, 0.2) is 29.4 Å². The number of benzene rings is 1. The molecule has 0 radical (unpaired) electrons. The van der Waals surface area contributed by atoms with Crippen molar-refractivity contribution in [2.75, 3.05) is 7.05 Å². The Hall–Kier alpha value is -2.20. The molecule has 1 aliphatic rings. The van der Waals surface area contributed by atoms with E-state index >= 15 is 0 Å². The number of hydrogen-bond acceptors (Lipinski definition) is 3. The van der Waals surface area contributed by atoms with Crippen LogP contribution in [-0.4, -0.2) is 29.7 Å². The molecule has 0 N–H and O–H groups in total. The van der Waals surface area contributed by atoms with Gasteiger partial charge >= 0.3 is 6.09 Å². The highest BCUT2D eigenvalue weighted by Gasteiger charge is 2.37. The van der Waals surface area contributed by atoms with Gasteiger partial charge in [-0.15, -0.1) is 0 Å². The number of amides is 1. The first kappa shape index (κ1) is 15.2. The number of carbonyl (C=O) groups is 1. The van der Waals surface area contributed by atoms with E-state index in [0.29, 0.717) is 6.42 Å². The zero-order valence-corrected chi connectivity index (χ0v) is 12.8. The zero-order valence-electron chi connectivity index (χ0n) is 12.8. The number of nitrogens with zero attached hydrogens (tertiary/aromatic N) is 4. The van der Waals surface area contributed by atoms with E-state index in [2.05, 4.69) is 10.0 Å². The summed E-state index contributed by atoms with van der Waals surface area (Å²) in [6, 6.07) is 7.25. The minimum Gasteiger partial charge on any atom is -0.444 e. The average molecular weight is 288 g/mol. The van der Waals surface area contributed by atoms with Gasteiger partial charge in [0.2, 0.25) is 0 Å². The lowest BCUT2D eigenvalue weighted by Gasteiger charge is -2.31. The van der Waals surface area contributed by atoms with Gasteiger partial charge < -0.3 is 9.64 Å². The second-order valence-corrected chi connectivity index (χ2v) is 6.21. The Balaban J connectivity index is 2.30. The summed E-state index contributed by atoms with van der Waals surface area (Å²) in [5, 5.41) is 3.85. The van der Waals surface area contributed by atoms with Gasteiger partial charge in [-0.1, -0.05) is 29.4 Å². The molecule has 0 saturated carbocycles. The van der Waals surface area contributed by atoms with Gasteiger partial charge in [0.15, 0.2) is 0 Å². The molecule has 0 fully saturated rings. The lowest BCUT2D eigenvalue weighted by atomic mass is 10.1. The van der Waals surface area contributed by atoms with Crippen LogP contribution in [-0.2, 0) is 11.2 Å². The molecule has 0 aromatic heterocycles. The zero-order chi connectivity index (χ0) is 15.6. The lowest BCUT2D eigenvalue weighted by Crippen LogP contribution is -2.39. The molecule has 0 bridgehead atoms. The van der Waals surface area contributed by atoms with E-state index in [1.807, 2.05) is 45.0 Å². The van der Waals surface area contributed by atoms with Gasteiger partial charge in [0.05, 0.1) is 12.1 Å². The first-order chi connectivity index (χ1) is 9.83. The Kier molecular flexibility index (Phi) is 4.09. The molecule has 6 nitrogen and oxygen atoms in total. The van der Waals surface area contributed by atoms with Crippen LogP contribution in [0.3, 0.4) is 0 Å². The number of hydrogen-bond donors (Lipinski definition) is 0. The van der Waals surface area contributed by atoms with Crippen LogP contribution in [0.1, 0.15) is 37.9 Å². The van der Waals surface area contributed by atoms with Gasteiger partial charge in [0.25, 0.3) is 0 Å². The topological polar surface area (TPSA) is 78.3 Å². The molecule has 2 atom stereocenters. The molecule has 0 aliphatic heterocycles. The number of azide groups is 1. The predicted octanol–water partition coefficient (Wildman–Crippen LogP) is 3.83. The van der Waals surface area contributed by atoms with Crippen LogP contribution >= 0.6 is 0 Å². The molecule has 1 aliphatic carbocycles. The molecule has 1 aromatic carbocycles. The fourth-order valence-electron chi connectivity index (χ4n) is 2.64. The minimum atomic E-state index is -0.558. The summed E-state index contributed by atoms with van der Waals surface area (Å²) in [6.45, 7) is 5.48. The first-order valence-corrected chi connectivity index (χ1v) is 6.91. The maximum Gasteiger partial charge on any atom is 0.410 e. The van der Waals surface area contributed by atoms with Crippen molar-refractivity contribution in [1.82, 2.24) is 4.90 Å². The Morgan fingerprint density at radius 1 is 1.43 bits per heavy atom. The van der Waals surface area contributed by atoms with Crippen molar-refractivity contribution in [1.29, 1.82) is 0 Å². The van der Waals surface area contributed by atoms with Gasteiger partial charge in [-0.05, 0) is 43.9 Å². The maximum absolute atomic E-state index is 12.3. The summed E-state index contributed by atoms with van der Waals surface area (Å²) in [7, 11) is 1.68. The predicted molar refractivity (Wildman–Crippen MR) is 79.8 cm³/mol. The molecular weight excluding hydrogens is 268 g/mol. The van der Waals surface area contributed by atoms with E-state index in [1.165, 1.54) is 4.90 Å². The number of fused-ring (bicyclic) bond motifs is 1. The van der Waals surface area contributed by atoms with E-state index in [4.69, 9.17) is 10.3 Å². The fraction of sp³-hybridized carbons (Fsp3) is 0.533. The summed E-state index contributed by atoms with van der Waals surface area (Å²) in [4.78, 5) is 16.7. The van der Waals surface area contributed by atoms with Gasteiger partial charge in [0, 0.05) is 12.0 Å². The Morgan fingerprint density at radius 2 is 2.10 bits per heavy atom. The number of likely N-dealkylation sites (N-methyl/N-ethyl adjacent to an activating group) is 1. The third-order valence-electron chi connectivity index (χ3n) is 3.47. The molecule has 0 saturated heterocycles. The van der Waals surface area contributed by atoms with Crippen molar-refractivity contribution < 1.29 is 9.53 Å². The molecular formula is C15H20N4O2.